The molecule has 0 saturated heterocycles. The van der Waals surface area contributed by atoms with Gasteiger partial charge in [-0.2, -0.15) is 4.98 Å². The lowest BCUT2D eigenvalue weighted by Gasteiger charge is -2.30. The first kappa shape index (κ1) is 20.3. The van der Waals surface area contributed by atoms with Crippen molar-refractivity contribution in [2.45, 2.75) is 38.6 Å². The summed E-state index contributed by atoms with van der Waals surface area (Å²) < 4.78 is 19.5. The van der Waals surface area contributed by atoms with Crippen LogP contribution in [0.4, 0.5) is 4.39 Å². The number of halogens is 1. The van der Waals surface area contributed by atoms with E-state index in [0.29, 0.717) is 48.8 Å². The molecule has 0 N–H and O–H groups in total. The van der Waals surface area contributed by atoms with Gasteiger partial charge in [0.15, 0.2) is 5.82 Å². The van der Waals surface area contributed by atoms with Crippen molar-refractivity contribution in [3.8, 4) is 23.0 Å². The average Bonchev–Trinajstić information content (AvgIpc) is 3.59. The molecule has 0 bridgehead atoms. The van der Waals surface area contributed by atoms with Crippen LogP contribution in [-0.4, -0.2) is 32.3 Å². The van der Waals surface area contributed by atoms with E-state index in [9.17, 15) is 9.18 Å². The fourth-order valence-electron chi connectivity index (χ4n) is 5.47. The van der Waals surface area contributed by atoms with Gasteiger partial charge in [0.05, 0.1) is 17.8 Å². The zero-order chi connectivity index (χ0) is 22.4. The molecule has 1 amide bonds. The molecular formula is C26H25FN4O2. The van der Waals surface area contributed by atoms with Gasteiger partial charge >= 0.3 is 0 Å². The van der Waals surface area contributed by atoms with Gasteiger partial charge in [0.2, 0.25) is 11.8 Å². The van der Waals surface area contributed by atoms with Crippen molar-refractivity contribution in [3.63, 3.8) is 0 Å². The highest BCUT2D eigenvalue weighted by atomic mass is 19.1. The summed E-state index contributed by atoms with van der Waals surface area (Å²) in [6.45, 7) is 1.10. The molecule has 168 valence electrons. The number of fused-ring (bicyclic) bond motifs is 2. The van der Waals surface area contributed by atoms with Crippen LogP contribution in [0.25, 0.3) is 11.4 Å². The Labute approximate surface area is 191 Å². The second-order valence-corrected chi connectivity index (χ2v) is 9.22. The largest absolute Gasteiger partial charge is 0.439 e. The summed E-state index contributed by atoms with van der Waals surface area (Å²) in [5.41, 5.74) is 2.57. The maximum atomic E-state index is 13.4. The van der Waals surface area contributed by atoms with Gasteiger partial charge in [-0.1, -0.05) is 12.8 Å². The number of carbonyl (C=O) groups is 1. The predicted octanol–water partition coefficient (Wildman–Crippen LogP) is 4.79. The smallest absolute Gasteiger partial charge is 0.228 e. The van der Waals surface area contributed by atoms with Crippen LogP contribution >= 0.6 is 0 Å². The topological polar surface area (TPSA) is 68.2 Å². The molecule has 2 aliphatic carbocycles. The fraction of sp³-hybridized carbons (Fsp3) is 0.385. The zero-order valence-corrected chi connectivity index (χ0v) is 18.3. The lowest BCUT2D eigenvalue weighted by molar-refractivity contribution is -0.134. The number of pyridine rings is 1. The van der Waals surface area contributed by atoms with Crippen molar-refractivity contribution in [2.24, 2.45) is 17.8 Å². The maximum absolute atomic E-state index is 13.4. The minimum Gasteiger partial charge on any atom is -0.439 e. The number of nitrogens with zero attached hydrogens (tertiary/aromatic N) is 4. The number of aromatic nitrogens is 3. The Morgan fingerprint density at radius 3 is 2.45 bits per heavy atom. The quantitative estimate of drug-likeness (QED) is 0.579. The van der Waals surface area contributed by atoms with Gasteiger partial charge in [0.25, 0.3) is 0 Å². The van der Waals surface area contributed by atoms with Crippen LogP contribution in [0.2, 0.25) is 0 Å². The second kappa shape index (κ2) is 8.21. The summed E-state index contributed by atoms with van der Waals surface area (Å²) in [6.07, 6.45) is 8.92. The summed E-state index contributed by atoms with van der Waals surface area (Å²) in [5.74, 6) is 2.75. The van der Waals surface area contributed by atoms with Crippen LogP contribution in [0.3, 0.4) is 0 Å². The number of rotatable bonds is 4. The summed E-state index contributed by atoms with van der Waals surface area (Å²) in [5, 5.41) is 0. The molecule has 3 aromatic rings. The first-order valence-corrected chi connectivity index (χ1v) is 11.7. The number of carbonyl (C=O) groups excluding carboxylic acids is 1. The molecule has 1 aliphatic heterocycles. The average molecular weight is 445 g/mol. The molecule has 7 heteroatoms. The lowest BCUT2D eigenvalue weighted by Crippen LogP contribution is -2.38. The molecule has 2 aromatic heterocycles. The normalized spacial score (nSPS) is 23.4. The van der Waals surface area contributed by atoms with Crippen molar-refractivity contribution >= 4 is 5.91 Å². The SMILES string of the molecule is O=C(C1C2CCCCC21)N1CCc2nc(-c3ccncc3)nc(Oc3ccc(F)cc3)c2C1. The van der Waals surface area contributed by atoms with Gasteiger partial charge < -0.3 is 9.64 Å². The van der Waals surface area contributed by atoms with Gasteiger partial charge in [-0.05, 0) is 61.1 Å². The number of amides is 1. The van der Waals surface area contributed by atoms with Crippen molar-refractivity contribution in [1.29, 1.82) is 0 Å². The van der Waals surface area contributed by atoms with E-state index in [1.165, 1.54) is 37.8 Å². The van der Waals surface area contributed by atoms with Gasteiger partial charge in [0.1, 0.15) is 11.6 Å². The van der Waals surface area contributed by atoms with E-state index in [-0.39, 0.29) is 17.6 Å². The van der Waals surface area contributed by atoms with Crippen molar-refractivity contribution in [3.05, 3.63) is 65.9 Å². The van der Waals surface area contributed by atoms with Gasteiger partial charge in [-0.15, -0.1) is 0 Å². The van der Waals surface area contributed by atoms with E-state index in [2.05, 4.69) is 4.98 Å². The number of ether oxygens (including phenoxy) is 1. The summed E-state index contributed by atoms with van der Waals surface area (Å²) in [7, 11) is 0. The van der Waals surface area contributed by atoms with E-state index in [1.807, 2.05) is 17.0 Å². The van der Waals surface area contributed by atoms with Crippen LogP contribution in [0.1, 0.15) is 36.9 Å². The summed E-state index contributed by atoms with van der Waals surface area (Å²) >= 11 is 0. The monoisotopic (exact) mass is 444 g/mol. The maximum Gasteiger partial charge on any atom is 0.228 e. The van der Waals surface area contributed by atoms with Crippen LogP contribution < -0.4 is 4.74 Å². The molecule has 33 heavy (non-hydrogen) atoms. The lowest BCUT2D eigenvalue weighted by atomic mass is 10.0. The first-order chi connectivity index (χ1) is 16.2. The molecule has 0 spiro atoms. The van der Waals surface area contributed by atoms with Crippen molar-refractivity contribution < 1.29 is 13.9 Å². The first-order valence-electron chi connectivity index (χ1n) is 11.7. The van der Waals surface area contributed by atoms with E-state index in [4.69, 9.17) is 14.7 Å². The van der Waals surface area contributed by atoms with Crippen LogP contribution in [0.15, 0.2) is 48.8 Å². The highest BCUT2D eigenvalue weighted by molar-refractivity contribution is 5.82. The summed E-state index contributed by atoms with van der Waals surface area (Å²) in [6, 6.07) is 9.59. The molecular weight excluding hydrogens is 419 g/mol. The molecule has 2 atom stereocenters. The Morgan fingerprint density at radius 1 is 1.00 bits per heavy atom. The molecule has 0 radical (unpaired) electrons. The number of hydrogen-bond acceptors (Lipinski definition) is 5. The van der Waals surface area contributed by atoms with Gasteiger partial charge in [-0.25, -0.2) is 9.37 Å². The Bertz CT molecular complexity index is 1170. The van der Waals surface area contributed by atoms with E-state index < -0.39 is 0 Å². The zero-order valence-electron chi connectivity index (χ0n) is 18.3. The molecule has 1 aromatic carbocycles. The molecule has 6 nitrogen and oxygen atoms in total. The van der Waals surface area contributed by atoms with Crippen molar-refractivity contribution in [2.75, 3.05) is 6.54 Å². The minimum atomic E-state index is -0.327. The number of hydrogen-bond donors (Lipinski definition) is 0. The van der Waals surface area contributed by atoms with Crippen LogP contribution in [0.5, 0.6) is 11.6 Å². The predicted molar refractivity (Wildman–Crippen MR) is 120 cm³/mol. The third-order valence-electron chi connectivity index (χ3n) is 7.24. The van der Waals surface area contributed by atoms with Crippen LogP contribution in [0, 0.1) is 23.6 Å². The van der Waals surface area contributed by atoms with Crippen LogP contribution in [-0.2, 0) is 17.8 Å². The van der Waals surface area contributed by atoms with E-state index in [0.717, 1.165) is 16.8 Å². The molecule has 2 unspecified atom stereocenters. The molecule has 3 heterocycles. The van der Waals surface area contributed by atoms with Gasteiger partial charge in [0, 0.05) is 36.8 Å². The van der Waals surface area contributed by atoms with E-state index >= 15 is 0 Å². The highest BCUT2D eigenvalue weighted by Crippen LogP contribution is 2.56. The van der Waals surface area contributed by atoms with E-state index in [1.54, 1.807) is 24.5 Å². The standard InChI is InChI=1S/C26H25FN4O2/c27-17-5-7-18(8-6-17)33-25-21-15-31(26(32)23-19-3-1-2-4-20(19)23)14-11-22(21)29-24(30-25)16-9-12-28-13-10-16/h5-10,12-13,19-20,23H,1-4,11,14-15H2. The highest BCUT2D eigenvalue weighted by Gasteiger charge is 2.56. The summed E-state index contributed by atoms with van der Waals surface area (Å²) in [4.78, 5) is 28.9. The Balaban J connectivity index is 1.32. The van der Waals surface area contributed by atoms with Gasteiger partial charge in [-0.3, -0.25) is 9.78 Å². The number of benzene rings is 1. The molecule has 2 fully saturated rings. The fourth-order valence-corrected chi connectivity index (χ4v) is 5.47. The minimum absolute atomic E-state index is 0.188. The third kappa shape index (κ3) is 3.86. The Kier molecular flexibility index (Phi) is 5.04. The third-order valence-corrected chi connectivity index (χ3v) is 7.24. The van der Waals surface area contributed by atoms with Crippen molar-refractivity contribution in [1.82, 2.24) is 19.9 Å². The Morgan fingerprint density at radius 2 is 1.73 bits per heavy atom. The second-order valence-electron chi connectivity index (χ2n) is 9.22. The Hall–Kier alpha value is -3.35. The molecule has 6 rings (SSSR count). The molecule has 3 aliphatic rings. The molecule has 2 saturated carbocycles.